The van der Waals surface area contributed by atoms with E-state index in [2.05, 4.69) is 54.4 Å². The van der Waals surface area contributed by atoms with Crippen molar-refractivity contribution in [1.82, 2.24) is 34.6 Å². The third-order valence-electron chi connectivity index (χ3n) is 6.96. The molecule has 1 aromatic carbocycles. The molecular weight excluding hydrogens is 494 g/mol. The fourth-order valence-corrected chi connectivity index (χ4v) is 4.75. The first-order chi connectivity index (χ1) is 19.0. The highest BCUT2D eigenvalue weighted by Gasteiger charge is 2.16. The molecule has 5 aromatic rings. The van der Waals surface area contributed by atoms with Crippen LogP contribution in [0.1, 0.15) is 12.8 Å². The molecule has 11 heteroatoms. The van der Waals surface area contributed by atoms with Crippen LogP contribution in [0.25, 0.3) is 33.7 Å². The first-order valence-electron chi connectivity index (χ1n) is 13.0. The molecule has 0 bridgehead atoms. The zero-order valence-electron chi connectivity index (χ0n) is 22.1. The molecule has 0 radical (unpaired) electrons. The van der Waals surface area contributed by atoms with E-state index in [-0.39, 0.29) is 5.56 Å². The number of nitrogens with zero attached hydrogens (tertiary/aromatic N) is 8. The van der Waals surface area contributed by atoms with Gasteiger partial charge >= 0.3 is 0 Å². The smallest absolute Gasteiger partial charge is 0.261 e. The Morgan fingerprint density at radius 3 is 2.44 bits per heavy atom. The van der Waals surface area contributed by atoms with Crippen molar-refractivity contribution in [1.29, 1.82) is 0 Å². The molecule has 0 aliphatic carbocycles. The Bertz CT molecular complexity index is 1670. The summed E-state index contributed by atoms with van der Waals surface area (Å²) in [6.45, 7) is 8.28. The lowest BCUT2D eigenvalue weighted by Gasteiger charge is -2.34. The zero-order chi connectivity index (χ0) is 26.9. The van der Waals surface area contributed by atoms with Crippen molar-refractivity contribution in [2.75, 3.05) is 43.4 Å². The lowest BCUT2D eigenvalue weighted by atomic mass is 10.1. The highest BCUT2D eigenvalue weighted by Crippen LogP contribution is 2.24. The van der Waals surface area contributed by atoms with Gasteiger partial charge in [-0.05, 0) is 56.4 Å². The molecule has 0 saturated carbocycles. The summed E-state index contributed by atoms with van der Waals surface area (Å²) in [4.78, 5) is 36.1. The van der Waals surface area contributed by atoms with E-state index >= 15 is 0 Å². The third kappa shape index (κ3) is 4.96. The van der Waals surface area contributed by atoms with Crippen molar-refractivity contribution in [2.45, 2.75) is 20.4 Å². The summed E-state index contributed by atoms with van der Waals surface area (Å²) < 4.78 is 6.69. The fourth-order valence-electron chi connectivity index (χ4n) is 4.75. The molecule has 1 saturated heterocycles. The van der Waals surface area contributed by atoms with Gasteiger partial charge in [0, 0.05) is 74.4 Å². The number of benzene rings is 1. The molecular formula is C28H29N9O2. The number of nitrogens with one attached hydrogen (secondary N) is 1. The summed E-state index contributed by atoms with van der Waals surface area (Å²) in [6, 6.07) is 13.7. The second kappa shape index (κ2) is 10.3. The quantitative estimate of drug-likeness (QED) is 0.353. The van der Waals surface area contributed by atoms with Gasteiger partial charge in [-0.1, -0.05) is 5.16 Å². The van der Waals surface area contributed by atoms with E-state index in [1.54, 1.807) is 36.0 Å². The predicted octanol–water partition coefficient (Wildman–Crippen LogP) is 3.73. The maximum atomic E-state index is 13.4. The highest BCUT2D eigenvalue weighted by molar-refractivity contribution is 5.81. The minimum Gasteiger partial charge on any atom is -0.369 e. The lowest BCUT2D eigenvalue weighted by molar-refractivity contribution is 0.313. The number of aromatic nitrogens is 6. The number of pyridine rings is 2. The molecule has 1 aliphatic rings. The summed E-state index contributed by atoms with van der Waals surface area (Å²) in [6.07, 6.45) is 3.37. The van der Waals surface area contributed by atoms with Gasteiger partial charge in [0.1, 0.15) is 5.65 Å². The van der Waals surface area contributed by atoms with E-state index in [0.717, 1.165) is 37.3 Å². The number of rotatable bonds is 6. The maximum Gasteiger partial charge on any atom is 0.261 e. The molecule has 4 aromatic heterocycles. The average Bonchev–Trinajstić information content (AvgIpc) is 3.40. The minimum atomic E-state index is -0.165. The summed E-state index contributed by atoms with van der Waals surface area (Å²) in [7, 11) is 2.15. The molecule has 39 heavy (non-hydrogen) atoms. The molecule has 1 N–H and O–H groups in total. The van der Waals surface area contributed by atoms with Gasteiger partial charge in [-0.3, -0.25) is 14.3 Å². The minimum absolute atomic E-state index is 0.165. The Labute approximate surface area is 225 Å². The second-order valence-electron chi connectivity index (χ2n) is 9.61. The summed E-state index contributed by atoms with van der Waals surface area (Å²) in [5, 5.41) is 7.95. The molecule has 11 nitrogen and oxygen atoms in total. The van der Waals surface area contributed by atoms with Crippen molar-refractivity contribution in [3.63, 3.8) is 0 Å². The molecule has 6 rings (SSSR count). The predicted molar refractivity (Wildman–Crippen MR) is 150 cm³/mol. The van der Waals surface area contributed by atoms with Crippen molar-refractivity contribution < 1.29 is 4.52 Å². The summed E-state index contributed by atoms with van der Waals surface area (Å²) >= 11 is 0. The number of hydrogen-bond donors (Lipinski definition) is 1. The number of anilines is 3. The van der Waals surface area contributed by atoms with Crippen LogP contribution in [0.2, 0.25) is 0 Å². The third-order valence-corrected chi connectivity index (χ3v) is 6.96. The fraction of sp³-hybridized carbons (Fsp3) is 0.286. The summed E-state index contributed by atoms with van der Waals surface area (Å²) in [5.74, 6) is 1.37. The van der Waals surface area contributed by atoms with Gasteiger partial charge in [0.25, 0.3) is 5.56 Å². The molecule has 0 unspecified atom stereocenters. The molecule has 0 amide bonds. The Kier molecular flexibility index (Phi) is 6.49. The SMILES string of the molecule is CCn1c(=O)c(-c2ccc(-c3noc(C)n3)cn2)cc2cnc(Nc3ccc(N4CCN(C)CC4)cc3)nc21. The van der Waals surface area contributed by atoms with E-state index < -0.39 is 0 Å². The molecule has 198 valence electrons. The van der Waals surface area contributed by atoms with Gasteiger partial charge in [0.15, 0.2) is 0 Å². The van der Waals surface area contributed by atoms with Crippen molar-refractivity contribution in [3.05, 3.63) is 71.1 Å². The van der Waals surface area contributed by atoms with Crippen LogP contribution < -0.4 is 15.8 Å². The lowest BCUT2D eigenvalue weighted by Crippen LogP contribution is -2.44. The van der Waals surface area contributed by atoms with E-state index in [9.17, 15) is 4.79 Å². The number of piperazine rings is 1. The molecule has 1 aliphatic heterocycles. The molecule has 0 atom stereocenters. The topological polar surface area (TPSA) is 118 Å². The average molecular weight is 524 g/mol. The van der Waals surface area contributed by atoms with Crippen LogP contribution in [-0.2, 0) is 6.54 Å². The number of fused-ring (bicyclic) bond motifs is 1. The highest BCUT2D eigenvalue weighted by atomic mass is 16.5. The largest absolute Gasteiger partial charge is 0.369 e. The molecule has 5 heterocycles. The van der Waals surface area contributed by atoms with Gasteiger partial charge in [-0.15, -0.1) is 0 Å². The van der Waals surface area contributed by atoms with Crippen LogP contribution in [0.3, 0.4) is 0 Å². The monoisotopic (exact) mass is 523 g/mol. The number of aryl methyl sites for hydroxylation is 2. The van der Waals surface area contributed by atoms with E-state index in [0.29, 0.717) is 46.7 Å². The van der Waals surface area contributed by atoms with Crippen molar-refractivity contribution in [2.24, 2.45) is 0 Å². The Hall–Kier alpha value is -4.64. The van der Waals surface area contributed by atoms with Crippen LogP contribution in [0.4, 0.5) is 17.3 Å². The second-order valence-corrected chi connectivity index (χ2v) is 9.61. The van der Waals surface area contributed by atoms with Crippen LogP contribution in [0, 0.1) is 6.92 Å². The molecule has 0 spiro atoms. The standard InChI is InChI=1S/C28H29N9O2/c1-4-37-26-20(15-23(27(37)38)24-10-5-19(16-29-24)25-31-18(2)39-34-25)17-30-28(33-26)32-21-6-8-22(9-7-21)36-13-11-35(3)12-14-36/h5-10,15-17H,4,11-14H2,1-3H3,(H,30,32,33). The zero-order valence-corrected chi connectivity index (χ0v) is 22.1. The maximum absolute atomic E-state index is 13.4. The first-order valence-corrected chi connectivity index (χ1v) is 13.0. The number of hydrogen-bond acceptors (Lipinski definition) is 10. The van der Waals surface area contributed by atoms with E-state index in [1.807, 2.05) is 25.1 Å². The normalized spacial score (nSPS) is 14.2. The summed E-state index contributed by atoms with van der Waals surface area (Å²) in [5.41, 5.74) is 4.23. The van der Waals surface area contributed by atoms with Crippen LogP contribution in [0.5, 0.6) is 0 Å². The van der Waals surface area contributed by atoms with Gasteiger partial charge in [-0.2, -0.15) is 9.97 Å². The Morgan fingerprint density at radius 2 is 1.77 bits per heavy atom. The van der Waals surface area contributed by atoms with Gasteiger partial charge in [0.05, 0.1) is 11.3 Å². The van der Waals surface area contributed by atoms with E-state index in [1.165, 1.54) is 5.69 Å². The number of likely N-dealkylation sites (N-methyl/N-ethyl adjacent to an activating group) is 1. The van der Waals surface area contributed by atoms with Gasteiger partial charge < -0.3 is 19.6 Å². The first kappa shape index (κ1) is 24.7. The van der Waals surface area contributed by atoms with Gasteiger partial charge in [0.2, 0.25) is 17.7 Å². The van der Waals surface area contributed by atoms with Gasteiger partial charge in [-0.25, -0.2) is 4.98 Å². The van der Waals surface area contributed by atoms with E-state index in [4.69, 9.17) is 9.51 Å². The Morgan fingerprint density at radius 1 is 0.974 bits per heavy atom. The van der Waals surface area contributed by atoms with Crippen LogP contribution in [0.15, 0.2) is 64.2 Å². The van der Waals surface area contributed by atoms with Crippen LogP contribution >= 0.6 is 0 Å². The van der Waals surface area contributed by atoms with Crippen molar-refractivity contribution in [3.8, 4) is 22.6 Å². The Balaban J connectivity index is 1.26. The molecule has 1 fully saturated rings. The van der Waals surface area contributed by atoms with Crippen LogP contribution in [-0.4, -0.2) is 67.8 Å². The van der Waals surface area contributed by atoms with Crippen molar-refractivity contribution >= 4 is 28.4 Å².